The summed E-state index contributed by atoms with van der Waals surface area (Å²) in [5, 5.41) is 7.28. The number of halogens is 5. The van der Waals surface area contributed by atoms with E-state index in [0.29, 0.717) is 35.1 Å². The quantitative estimate of drug-likeness (QED) is 0.355. The van der Waals surface area contributed by atoms with Crippen LogP contribution in [0.4, 0.5) is 23.2 Å². The molecule has 202 valence electrons. The van der Waals surface area contributed by atoms with E-state index in [1.807, 2.05) is 4.90 Å². The van der Waals surface area contributed by atoms with Crippen LogP contribution in [-0.4, -0.2) is 66.4 Å². The summed E-state index contributed by atoms with van der Waals surface area (Å²) in [6.45, 7) is 8.88. The Bertz CT molecular complexity index is 1250. The maximum Gasteiger partial charge on any atom is 0.278 e. The lowest BCUT2D eigenvalue weighted by Crippen LogP contribution is -2.52. The Hall–Kier alpha value is -2.75. The van der Waals surface area contributed by atoms with Crippen molar-refractivity contribution in [2.75, 3.05) is 37.6 Å². The van der Waals surface area contributed by atoms with Gasteiger partial charge >= 0.3 is 0 Å². The number of anilines is 1. The van der Waals surface area contributed by atoms with Crippen LogP contribution in [0.25, 0.3) is 0 Å². The molecule has 1 saturated carbocycles. The van der Waals surface area contributed by atoms with E-state index in [-0.39, 0.29) is 23.7 Å². The molecule has 2 aliphatic heterocycles. The summed E-state index contributed by atoms with van der Waals surface area (Å²) in [4.78, 5) is 6.72. The van der Waals surface area contributed by atoms with Crippen LogP contribution in [0.5, 0.6) is 0 Å². The molecule has 0 aromatic heterocycles. The SMILES string of the molecule is C=C(CN1CCN(C2CCC2)CC1)N(Cc1ccc(C2=NN=C(C(F)F)C2)cc1F)c1ccc(F)c(Cl)c1. The summed E-state index contributed by atoms with van der Waals surface area (Å²) < 4.78 is 55.0. The molecule has 5 nitrogen and oxygen atoms in total. The summed E-state index contributed by atoms with van der Waals surface area (Å²) in [6, 6.07) is 9.66. The average molecular weight is 548 g/mol. The molecule has 0 radical (unpaired) electrons. The van der Waals surface area contributed by atoms with Gasteiger partial charge in [0.1, 0.15) is 17.3 Å². The molecule has 0 unspecified atom stereocenters. The summed E-state index contributed by atoms with van der Waals surface area (Å²) in [7, 11) is 0. The molecule has 3 aliphatic rings. The fourth-order valence-corrected chi connectivity index (χ4v) is 5.27. The molecule has 0 spiro atoms. The first-order chi connectivity index (χ1) is 18.3. The number of piperazine rings is 1. The second-order valence-corrected chi connectivity index (χ2v) is 10.5. The molecule has 2 aromatic carbocycles. The zero-order valence-electron chi connectivity index (χ0n) is 21.0. The lowest BCUT2D eigenvalue weighted by Gasteiger charge is -2.43. The third-order valence-electron chi connectivity index (χ3n) is 7.62. The first-order valence-corrected chi connectivity index (χ1v) is 13.2. The standard InChI is InChI=1S/C28H30ClF4N5/c1-18(16-36-9-11-37(12-10-36)21-3-2-4-21)38(22-7-8-24(30)23(29)14-22)17-20-6-5-19(13-25(20)31)26-15-27(28(32)33)35-34-26/h5-8,13-14,21,28H,1-4,9-12,15-17H2. The third kappa shape index (κ3) is 5.95. The Kier molecular flexibility index (Phi) is 8.16. The van der Waals surface area contributed by atoms with Gasteiger partial charge in [-0.1, -0.05) is 36.7 Å². The van der Waals surface area contributed by atoms with Gasteiger partial charge in [-0.3, -0.25) is 9.80 Å². The average Bonchev–Trinajstić information content (AvgIpc) is 3.36. The Morgan fingerprint density at radius 2 is 1.79 bits per heavy atom. The molecule has 0 N–H and O–H groups in total. The van der Waals surface area contributed by atoms with E-state index in [1.54, 1.807) is 18.2 Å². The Morgan fingerprint density at radius 1 is 1.03 bits per heavy atom. The lowest BCUT2D eigenvalue weighted by molar-refractivity contribution is 0.0653. The van der Waals surface area contributed by atoms with E-state index in [2.05, 4.69) is 26.6 Å². The highest BCUT2D eigenvalue weighted by Gasteiger charge is 2.29. The molecule has 0 atom stereocenters. The molecule has 0 bridgehead atoms. The van der Waals surface area contributed by atoms with E-state index >= 15 is 4.39 Å². The van der Waals surface area contributed by atoms with Crippen LogP contribution in [0, 0.1) is 11.6 Å². The monoisotopic (exact) mass is 547 g/mol. The van der Waals surface area contributed by atoms with E-state index in [4.69, 9.17) is 11.6 Å². The van der Waals surface area contributed by atoms with Crippen LogP contribution in [0.2, 0.25) is 5.02 Å². The maximum atomic E-state index is 15.3. The second kappa shape index (κ2) is 11.6. The third-order valence-corrected chi connectivity index (χ3v) is 7.90. The van der Waals surface area contributed by atoms with Gasteiger partial charge in [0.15, 0.2) is 0 Å². The smallest absolute Gasteiger partial charge is 0.278 e. The number of benzene rings is 2. The molecule has 2 aromatic rings. The van der Waals surface area contributed by atoms with Crippen LogP contribution < -0.4 is 4.90 Å². The minimum atomic E-state index is -2.69. The molecule has 2 heterocycles. The lowest BCUT2D eigenvalue weighted by atomic mass is 9.91. The second-order valence-electron chi connectivity index (χ2n) is 10.1. The molecular weight excluding hydrogens is 518 g/mol. The highest BCUT2D eigenvalue weighted by atomic mass is 35.5. The van der Waals surface area contributed by atoms with Crippen molar-refractivity contribution < 1.29 is 17.6 Å². The van der Waals surface area contributed by atoms with Gasteiger partial charge in [0.25, 0.3) is 6.43 Å². The fraction of sp³-hybridized carbons (Fsp3) is 0.429. The summed E-state index contributed by atoms with van der Waals surface area (Å²) >= 11 is 6.08. The van der Waals surface area contributed by atoms with E-state index in [9.17, 15) is 13.2 Å². The first-order valence-electron chi connectivity index (χ1n) is 12.9. The Balaban J connectivity index is 1.30. The van der Waals surface area contributed by atoms with Gasteiger partial charge in [-0.15, -0.1) is 0 Å². The molecule has 38 heavy (non-hydrogen) atoms. The van der Waals surface area contributed by atoms with E-state index in [0.717, 1.165) is 31.9 Å². The van der Waals surface area contributed by atoms with Crippen LogP contribution >= 0.6 is 11.6 Å². The number of nitrogens with zero attached hydrogens (tertiary/aromatic N) is 5. The topological polar surface area (TPSA) is 34.4 Å². The minimum absolute atomic E-state index is 0.0284. The van der Waals surface area contributed by atoms with Crippen LogP contribution in [0.1, 0.15) is 36.8 Å². The van der Waals surface area contributed by atoms with Gasteiger partial charge in [0.2, 0.25) is 0 Å². The normalized spacial score (nSPS) is 18.9. The van der Waals surface area contributed by atoms with Gasteiger partial charge in [-0.25, -0.2) is 17.6 Å². The van der Waals surface area contributed by atoms with Crippen molar-refractivity contribution in [2.45, 2.75) is 44.7 Å². The highest BCUT2D eigenvalue weighted by Crippen LogP contribution is 2.29. The molecule has 0 amide bonds. The molecule has 5 rings (SSSR count). The van der Waals surface area contributed by atoms with Crippen molar-refractivity contribution in [2.24, 2.45) is 10.2 Å². The maximum absolute atomic E-state index is 15.3. The minimum Gasteiger partial charge on any atom is -0.340 e. The summed E-state index contributed by atoms with van der Waals surface area (Å²) in [5.41, 5.74) is 2.10. The number of hydrogen-bond donors (Lipinski definition) is 0. The van der Waals surface area contributed by atoms with E-state index < -0.39 is 18.1 Å². The highest BCUT2D eigenvalue weighted by molar-refractivity contribution is 6.31. The Labute approximate surface area is 225 Å². The van der Waals surface area contributed by atoms with Crippen LogP contribution in [0.3, 0.4) is 0 Å². The fourth-order valence-electron chi connectivity index (χ4n) is 5.09. The van der Waals surface area contributed by atoms with Crippen molar-refractivity contribution in [1.82, 2.24) is 9.80 Å². The zero-order chi connectivity index (χ0) is 26.8. The zero-order valence-corrected chi connectivity index (χ0v) is 21.8. The van der Waals surface area contributed by atoms with Gasteiger partial charge in [0, 0.05) is 67.7 Å². The largest absolute Gasteiger partial charge is 0.340 e. The van der Waals surface area contributed by atoms with Crippen LogP contribution in [-0.2, 0) is 6.54 Å². The number of rotatable bonds is 9. The van der Waals surface area contributed by atoms with Crippen molar-refractivity contribution >= 4 is 28.7 Å². The van der Waals surface area contributed by atoms with Crippen LogP contribution in [0.15, 0.2) is 58.9 Å². The van der Waals surface area contributed by atoms with Crippen molar-refractivity contribution in [3.63, 3.8) is 0 Å². The molecule has 2 fully saturated rings. The predicted octanol–water partition coefficient (Wildman–Crippen LogP) is 6.12. The van der Waals surface area contributed by atoms with Crippen molar-refractivity contribution in [3.05, 3.63) is 76.5 Å². The molecule has 1 saturated heterocycles. The Morgan fingerprint density at radius 3 is 2.39 bits per heavy atom. The first kappa shape index (κ1) is 26.8. The number of alkyl halides is 2. The molecular formula is C28H30ClF4N5. The van der Waals surface area contributed by atoms with Gasteiger partial charge in [-0.2, -0.15) is 10.2 Å². The van der Waals surface area contributed by atoms with Crippen molar-refractivity contribution in [1.29, 1.82) is 0 Å². The molecule has 10 heteroatoms. The van der Waals surface area contributed by atoms with Crippen molar-refractivity contribution in [3.8, 4) is 0 Å². The molecule has 1 aliphatic carbocycles. The van der Waals surface area contributed by atoms with Gasteiger partial charge in [0.05, 0.1) is 17.3 Å². The summed E-state index contributed by atoms with van der Waals surface area (Å²) in [5.74, 6) is -1.04. The van der Waals surface area contributed by atoms with E-state index in [1.165, 1.54) is 37.5 Å². The van der Waals surface area contributed by atoms with Gasteiger partial charge in [-0.05, 0) is 37.1 Å². The number of hydrogen-bond acceptors (Lipinski definition) is 5. The van der Waals surface area contributed by atoms with Gasteiger partial charge < -0.3 is 4.90 Å². The summed E-state index contributed by atoms with van der Waals surface area (Å²) in [6.07, 6.45) is 1.08. The predicted molar refractivity (Wildman–Crippen MR) is 143 cm³/mol.